The van der Waals surface area contributed by atoms with E-state index in [1.807, 2.05) is 7.05 Å². The molecule has 5 heteroatoms. The van der Waals surface area contributed by atoms with E-state index in [0.717, 1.165) is 17.1 Å². The van der Waals surface area contributed by atoms with Crippen LogP contribution in [0.5, 0.6) is 0 Å². The van der Waals surface area contributed by atoms with Gasteiger partial charge in [0.2, 0.25) is 5.95 Å². The van der Waals surface area contributed by atoms with Crippen LogP contribution in [0.3, 0.4) is 0 Å². The molecule has 2 N–H and O–H groups in total. The van der Waals surface area contributed by atoms with Gasteiger partial charge in [-0.05, 0) is 25.3 Å². The summed E-state index contributed by atoms with van der Waals surface area (Å²) in [6, 6.07) is 2.80. The molecule has 4 nitrogen and oxygen atoms in total. The number of thiophene rings is 1. The molecule has 114 valence electrons. The molecular formula is C16H24N4S. The Hall–Kier alpha value is -1.36. The molecule has 0 aliphatic heterocycles. The predicted molar refractivity (Wildman–Crippen MR) is 91.5 cm³/mol. The average Bonchev–Trinajstić information content (AvgIpc) is 2.76. The molecule has 1 aliphatic rings. The van der Waals surface area contributed by atoms with Crippen LogP contribution in [-0.4, -0.2) is 23.1 Å². The fourth-order valence-electron chi connectivity index (χ4n) is 2.98. The lowest BCUT2D eigenvalue weighted by Crippen LogP contribution is -2.19. The molecule has 0 atom stereocenters. The summed E-state index contributed by atoms with van der Waals surface area (Å²) in [5.74, 6) is 1.72. The molecule has 1 saturated carbocycles. The third kappa shape index (κ3) is 3.28. The van der Waals surface area contributed by atoms with E-state index in [0.29, 0.717) is 12.0 Å². The molecule has 0 radical (unpaired) electrons. The molecule has 0 bridgehead atoms. The second-order valence-electron chi connectivity index (χ2n) is 5.76. The van der Waals surface area contributed by atoms with Crippen molar-refractivity contribution in [3.63, 3.8) is 0 Å². The number of hydrogen-bond donors (Lipinski definition) is 2. The number of nitrogens with one attached hydrogen (secondary N) is 2. The summed E-state index contributed by atoms with van der Waals surface area (Å²) in [5, 5.41) is 7.95. The van der Waals surface area contributed by atoms with Crippen molar-refractivity contribution in [2.45, 2.75) is 57.9 Å². The molecule has 2 aromatic rings. The van der Waals surface area contributed by atoms with Crippen molar-refractivity contribution >= 4 is 33.3 Å². The van der Waals surface area contributed by atoms with E-state index in [1.54, 1.807) is 11.3 Å². The summed E-state index contributed by atoms with van der Waals surface area (Å²) in [7, 11) is 1.88. The molecular weight excluding hydrogens is 280 g/mol. The maximum absolute atomic E-state index is 4.67. The molecule has 0 unspecified atom stereocenters. The Kier molecular flexibility index (Phi) is 4.58. The Morgan fingerprint density at radius 2 is 1.95 bits per heavy atom. The van der Waals surface area contributed by atoms with E-state index in [4.69, 9.17) is 0 Å². The number of nitrogens with zero attached hydrogens (tertiary/aromatic N) is 2. The lowest BCUT2D eigenvalue weighted by molar-refractivity contribution is 0.618. The summed E-state index contributed by atoms with van der Waals surface area (Å²) in [6.07, 6.45) is 8.97. The van der Waals surface area contributed by atoms with Gasteiger partial charge < -0.3 is 10.6 Å². The highest BCUT2D eigenvalue weighted by Crippen LogP contribution is 2.31. The van der Waals surface area contributed by atoms with Gasteiger partial charge in [-0.25, -0.2) is 4.98 Å². The Morgan fingerprint density at radius 1 is 1.19 bits per heavy atom. The summed E-state index contributed by atoms with van der Waals surface area (Å²) >= 11 is 1.78. The van der Waals surface area contributed by atoms with Crippen LogP contribution in [0.1, 0.15) is 50.3 Å². The second-order valence-corrected chi connectivity index (χ2v) is 6.88. The van der Waals surface area contributed by atoms with Gasteiger partial charge in [0, 0.05) is 18.0 Å². The van der Waals surface area contributed by atoms with Crippen LogP contribution < -0.4 is 10.6 Å². The highest BCUT2D eigenvalue weighted by molar-refractivity contribution is 7.18. The fraction of sp³-hybridized carbons (Fsp3) is 0.625. The smallest absolute Gasteiger partial charge is 0.225 e. The van der Waals surface area contributed by atoms with Gasteiger partial charge in [-0.15, -0.1) is 11.3 Å². The first-order chi connectivity index (χ1) is 10.3. The maximum atomic E-state index is 4.67. The van der Waals surface area contributed by atoms with Crippen LogP contribution in [0.15, 0.2) is 6.07 Å². The lowest BCUT2D eigenvalue weighted by atomic mass is 10.1. The molecule has 0 aromatic carbocycles. The number of anilines is 2. The fourth-order valence-corrected chi connectivity index (χ4v) is 3.95. The van der Waals surface area contributed by atoms with Gasteiger partial charge in [-0.3, -0.25) is 0 Å². The third-order valence-electron chi connectivity index (χ3n) is 4.21. The van der Waals surface area contributed by atoms with Crippen molar-refractivity contribution in [1.29, 1.82) is 0 Å². The van der Waals surface area contributed by atoms with Gasteiger partial charge in [0.25, 0.3) is 0 Å². The Morgan fingerprint density at radius 3 is 2.62 bits per heavy atom. The van der Waals surface area contributed by atoms with Crippen molar-refractivity contribution in [1.82, 2.24) is 9.97 Å². The molecule has 2 aromatic heterocycles. The first kappa shape index (κ1) is 14.6. The van der Waals surface area contributed by atoms with Gasteiger partial charge in [0.05, 0.1) is 5.39 Å². The normalized spacial score (nSPS) is 16.9. The van der Waals surface area contributed by atoms with Gasteiger partial charge in [-0.2, -0.15) is 4.98 Å². The largest absolute Gasteiger partial charge is 0.367 e. The van der Waals surface area contributed by atoms with E-state index < -0.39 is 0 Å². The van der Waals surface area contributed by atoms with Crippen LogP contribution in [0.2, 0.25) is 0 Å². The highest BCUT2D eigenvalue weighted by atomic mass is 32.1. The van der Waals surface area contributed by atoms with Crippen LogP contribution in [0, 0.1) is 0 Å². The van der Waals surface area contributed by atoms with Gasteiger partial charge in [-0.1, -0.05) is 32.6 Å². The minimum Gasteiger partial charge on any atom is -0.367 e. The summed E-state index contributed by atoms with van der Waals surface area (Å²) in [5.41, 5.74) is 0. The Bertz CT molecular complexity index is 600. The average molecular weight is 304 g/mol. The van der Waals surface area contributed by atoms with Gasteiger partial charge in [0.15, 0.2) is 0 Å². The summed E-state index contributed by atoms with van der Waals surface area (Å²) in [6.45, 7) is 2.19. The van der Waals surface area contributed by atoms with Crippen LogP contribution in [0.25, 0.3) is 10.2 Å². The topological polar surface area (TPSA) is 49.8 Å². The minimum absolute atomic E-state index is 0.556. The molecule has 1 aliphatic carbocycles. The first-order valence-electron chi connectivity index (χ1n) is 8.05. The lowest BCUT2D eigenvalue weighted by Gasteiger charge is -2.17. The zero-order valence-corrected chi connectivity index (χ0v) is 13.7. The number of rotatable bonds is 4. The van der Waals surface area contributed by atoms with Crippen molar-refractivity contribution in [3.8, 4) is 0 Å². The number of aryl methyl sites for hydroxylation is 1. The van der Waals surface area contributed by atoms with Gasteiger partial charge in [0.1, 0.15) is 10.6 Å². The molecule has 0 saturated heterocycles. The number of aromatic nitrogens is 2. The molecule has 0 amide bonds. The molecule has 0 spiro atoms. The quantitative estimate of drug-likeness (QED) is 0.820. The van der Waals surface area contributed by atoms with Crippen LogP contribution in [0.4, 0.5) is 11.8 Å². The predicted octanol–water partition coefficient (Wildman–Crippen LogP) is 4.43. The maximum Gasteiger partial charge on any atom is 0.225 e. The minimum atomic E-state index is 0.556. The SMILES string of the molecule is CCc1cc2c(NC3CCCCCC3)nc(NC)nc2s1. The van der Waals surface area contributed by atoms with Crippen molar-refractivity contribution in [2.75, 3.05) is 17.7 Å². The molecule has 1 fully saturated rings. The van der Waals surface area contributed by atoms with E-state index in [2.05, 4.69) is 33.6 Å². The summed E-state index contributed by atoms with van der Waals surface area (Å²) < 4.78 is 0. The zero-order valence-electron chi connectivity index (χ0n) is 12.9. The highest BCUT2D eigenvalue weighted by Gasteiger charge is 2.16. The summed E-state index contributed by atoms with van der Waals surface area (Å²) in [4.78, 5) is 11.7. The van der Waals surface area contributed by atoms with Crippen molar-refractivity contribution in [3.05, 3.63) is 10.9 Å². The van der Waals surface area contributed by atoms with Crippen molar-refractivity contribution in [2.24, 2.45) is 0 Å². The molecule has 3 rings (SSSR count). The first-order valence-corrected chi connectivity index (χ1v) is 8.86. The second kappa shape index (κ2) is 6.60. The monoisotopic (exact) mass is 304 g/mol. The van der Waals surface area contributed by atoms with E-state index in [-0.39, 0.29) is 0 Å². The van der Waals surface area contributed by atoms with Crippen LogP contribution in [-0.2, 0) is 6.42 Å². The van der Waals surface area contributed by atoms with Crippen LogP contribution >= 0.6 is 11.3 Å². The standard InChI is InChI=1S/C16H24N4S/c1-3-12-10-13-14(18-11-8-6-4-5-7-9-11)19-16(17-2)20-15(13)21-12/h10-11H,3-9H2,1-2H3,(H2,17,18,19,20). The third-order valence-corrected chi connectivity index (χ3v) is 5.39. The van der Waals surface area contributed by atoms with Crippen molar-refractivity contribution < 1.29 is 0 Å². The Balaban J connectivity index is 1.92. The number of fused-ring (bicyclic) bond motifs is 1. The zero-order chi connectivity index (χ0) is 14.7. The molecule has 21 heavy (non-hydrogen) atoms. The Labute approximate surface area is 130 Å². The van der Waals surface area contributed by atoms with Gasteiger partial charge >= 0.3 is 0 Å². The van der Waals surface area contributed by atoms with E-state index in [9.17, 15) is 0 Å². The number of hydrogen-bond acceptors (Lipinski definition) is 5. The van der Waals surface area contributed by atoms with E-state index >= 15 is 0 Å². The van der Waals surface area contributed by atoms with E-state index in [1.165, 1.54) is 48.8 Å². The molecule has 2 heterocycles.